The number of carbonyl (C=O) groups excluding carboxylic acids is 1. The van der Waals surface area contributed by atoms with E-state index in [1.54, 1.807) is 11.9 Å². The zero-order valence-corrected chi connectivity index (χ0v) is 18.6. The van der Waals surface area contributed by atoms with Crippen molar-refractivity contribution in [2.75, 3.05) is 30.8 Å². The molecule has 0 aliphatic carbocycles. The second-order valence-electron chi connectivity index (χ2n) is 7.34. The Labute approximate surface area is 185 Å². The molecule has 1 fully saturated rings. The van der Waals surface area contributed by atoms with Gasteiger partial charge in [0.25, 0.3) is 0 Å². The van der Waals surface area contributed by atoms with Crippen LogP contribution in [0.25, 0.3) is 5.69 Å². The first kappa shape index (κ1) is 20.8. The molecule has 0 atom stereocenters. The number of nitrogens with zero attached hydrogens (tertiary/aromatic N) is 5. The molecule has 30 heavy (non-hydrogen) atoms. The minimum Gasteiger partial charge on any atom is -0.464 e. The fourth-order valence-corrected chi connectivity index (χ4v) is 4.52. The average Bonchev–Trinajstić information content (AvgIpc) is 3.46. The summed E-state index contributed by atoms with van der Waals surface area (Å²) in [5.74, 6) is 2.66. The summed E-state index contributed by atoms with van der Waals surface area (Å²) in [5.41, 5.74) is 0.892. The Balaban J connectivity index is 1.51. The molecule has 4 rings (SSSR count). The van der Waals surface area contributed by atoms with Crippen molar-refractivity contribution in [1.82, 2.24) is 19.7 Å². The second-order valence-corrected chi connectivity index (χ2v) is 8.72. The lowest BCUT2D eigenvalue weighted by Crippen LogP contribution is -2.27. The molecular formula is C21H24ClN5O2S. The second kappa shape index (κ2) is 9.14. The number of amides is 1. The van der Waals surface area contributed by atoms with Crippen LogP contribution in [0.3, 0.4) is 0 Å². The number of furan rings is 1. The highest BCUT2D eigenvalue weighted by Gasteiger charge is 2.23. The lowest BCUT2D eigenvalue weighted by molar-refractivity contribution is -0.127. The molecule has 0 N–H and O–H groups in total. The van der Waals surface area contributed by atoms with E-state index >= 15 is 0 Å². The Morgan fingerprint density at radius 1 is 1.23 bits per heavy atom. The third-order valence-corrected chi connectivity index (χ3v) is 6.16. The van der Waals surface area contributed by atoms with E-state index in [4.69, 9.17) is 16.0 Å². The van der Waals surface area contributed by atoms with Gasteiger partial charge in [0.15, 0.2) is 5.16 Å². The van der Waals surface area contributed by atoms with E-state index in [9.17, 15) is 4.79 Å². The number of benzene rings is 1. The van der Waals surface area contributed by atoms with Crippen molar-refractivity contribution in [3.8, 4) is 5.69 Å². The van der Waals surface area contributed by atoms with E-state index in [1.807, 2.05) is 47.9 Å². The summed E-state index contributed by atoms with van der Waals surface area (Å²) in [4.78, 5) is 16.6. The summed E-state index contributed by atoms with van der Waals surface area (Å²) in [6.45, 7) is 4.23. The zero-order chi connectivity index (χ0) is 21.1. The van der Waals surface area contributed by atoms with Crippen molar-refractivity contribution >= 4 is 35.2 Å². The van der Waals surface area contributed by atoms with Gasteiger partial charge in [0, 0.05) is 25.2 Å². The van der Waals surface area contributed by atoms with Crippen molar-refractivity contribution in [3.05, 3.63) is 52.9 Å². The van der Waals surface area contributed by atoms with Crippen LogP contribution in [0.2, 0.25) is 5.02 Å². The molecule has 158 valence electrons. The van der Waals surface area contributed by atoms with Gasteiger partial charge in [0.05, 0.1) is 18.0 Å². The predicted octanol–water partition coefficient (Wildman–Crippen LogP) is 4.17. The van der Waals surface area contributed by atoms with Crippen LogP contribution in [0.15, 0.2) is 46.0 Å². The average molecular weight is 446 g/mol. The van der Waals surface area contributed by atoms with Crippen LogP contribution in [0.5, 0.6) is 0 Å². The van der Waals surface area contributed by atoms with Crippen LogP contribution < -0.4 is 4.90 Å². The summed E-state index contributed by atoms with van der Waals surface area (Å²) in [6.07, 6.45) is 2.28. The SMILES string of the molecule is Cc1ccc(CN(C)C(=O)CSc2nnc(N3CCCC3)n2-c2cccc(Cl)c2)o1. The number of anilines is 1. The van der Waals surface area contributed by atoms with Crippen LogP contribution in [-0.4, -0.2) is 51.5 Å². The van der Waals surface area contributed by atoms with E-state index in [1.165, 1.54) is 11.8 Å². The Bertz CT molecular complexity index is 1030. The van der Waals surface area contributed by atoms with Crippen molar-refractivity contribution in [1.29, 1.82) is 0 Å². The van der Waals surface area contributed by atoms with Gasteiger partial charge in [-0.2, -0.15) is 0 Å². The van der Waals surface area contributed by atoms with Gasteiger partial charge in [-0.1, -0.05) is 29.4 Å². The normalized spacial score (nSPS) is 13.8. The third kappa shape index (κ3) is 4.65. The number of halogens is 1. The topological polar surface area (TPSA) is 67.4 Å². The van der Waals surface area contributed by atoms with Crippen LogP contribution in [-0.2, 0) is 11.3 Å². The summed E-state index contributed by atoms with van der Waals surface area (Å²) in [6, 6.07) is 11.4. The highest BCUT2D eigenvalue weighted by Crippen LogP contribution is 2.29. The summed E-state index contributed by atoms with van der Waals surface area (Å²) in [5, 5.41) is 10.1. The molecule has 3 heterocycles. The number of hydrogen-bond donors (Lipinski definition) is 0. The number of aryl methyl sites for hydroxylation is 1. The molecule has 0 saturated carbocycles. The maximum Gasteiger partial charge on any atom is 0.233 e. The number of hydrogen-bond acceptors (Lipinski definition) is 6. The van der Waals surface area contributed by atoms with Crippen LogP contribution in [0.1, 0.15) is 24.4 Å². The largest absolute Gasteiger partial charge is 0.464 e. The summed E-state index contributed by atoms with van der Waals surface area (Å²) >= 11 is 7.61. The molecule has 1 aliphatic rings. The lowest BCUT2D eigenvalue weighted by Gasteiger charge is -2.19. The minimum atomic E-state index is -0.00239. The van der Waals surface area contributed by atoms with E-state index in [2.05, 4.69) is 15.1 Å². The first-order valence-electron chi connectivity index (χ1n) is 9.89. The number of rotatable bonds is 7. The fraction of sp³-hybridized carbons (Fsp3) is 0.381. The van der Waals surface area contributed by atoms with Gasteiger partial charge in [-0.05, 0) is 50.1 Å². The molecular weight excluding hydrogens is 422 g/mol. The third-order valence-electron chi connectivity index (χ3n) is 5.01. The Kier molecular flexibility index (Phi) is 6.34. The van der Waals surface area contributed by atoms with Crippen molar-refractivity contribution in [2.45, 2.75) is 31.5 Å². The Morgan fingerprint density at radius 2 is 2.03 bits per heavy atom. The maximum atomic E-state index is 12.7. The smallest absolute Gasteiger partial charge is 0.233 e. The van der Waals surface area contributed by atoms with Gasteiger partial charge < -0.3 is 14.2 Å². The molecule has 0 spiro atoms. The van der Waals surface area contributed by atoms with E-state index in [0.29, 0.717) is 16.7 Å². The molecule has 1 aromatic carbocycles. The van der Waals surface area contributed by atoms with Crippen molar-refractivity contribution < 1.29 is 9.21 Å². The first-order chi connectivity index (χ1) is 14.5. The number of carbonyl (C=O) groups is 1. The quantitative estimate of drug-likeness (QED) is 0.508. The van der Waals surface area contributed by atoms with E-state index in [-0.39, 0.29) is 11.7 Å². The highest BCUT2D eigenvalue weighted by molar-refractivity contribution is 7.99. The maximum absolute atomic E-state index is 12.7. The summed E-state index contributed by atoms with van der Waals surface area (Å²) < 4.78 is 7.56. The standard InChI is InChI=1S/C21H24ClN5O2S/c1-15-8-9-18(29-15)13-25(2)19(28)14-30-21-24-23-20(26-10-3-4-11-26)27(21)17-7-5-6-16(22)12-17/h5-9,12H,3-4,10-11,13-14H2,1-2H3. The highest BCUT2D eigenvalue weighted by atomic mass is 35.5. The molecule has 9 heteroatoms. The zero-order valence-electron chi connectivity index (χ0n) is 17.0. The van der Waals surface area contributed by atoms with Crippen molar-refractivity contribution in [2.24, 2.45) is 0 Å². The molecule has 1 saturated heterocycles. The molecule has 0 unspecified atom stereocenters. The van der Waals surface area contributed by atoms with Gasteiger partial charge >= 0.3 is 0 Å². The Hall–Kier alpha value is -2.45. The molecule has 3 aromatic rings. The van der Waals surface area contributed by atoms with E-state index in [0.717, 1.165) is 49.1 Å². The van der Waals surface area contributed by atoms with Gasteiger partial charge in [-0.15, -0.1) is 10.2 Å². The predicted molar refractivity (Wildman–Crippen MR) is 118 cm³/mol. The number of thioether (sulfide) groups is 1. The summed E-state index contributed by atoms with van der Waals surface area (Å²) in [7, 11) is 1.78. The van der Waals surface area contributed by atoms with Crippen molar-refractivity contribution in [3.63, 3.8) is 0 Å². The minimum absolute atomic E-state index is 0.00239. The van der Waals surface area contributed by atoms with Crippen LogP contribution in [0, 0.1) is 6.92 Å². The number of aromatic nitrogens is 3. The molecule has 1 amide bonds. The van der Waals surface area contributed by atoms with Crippen LogP contribution >= 0.6 is 23.4 Å². The monoisotopic (exact) mass is 445 g/mol. The Morgan fingerprint density at radius 3 is 2.73 bits per heavy atom. The molecule has 7 nitrogen and oxygen atoms in total. The molecule has 2 aromatic heterocycles. The molecule has 1 aliphatic heterocycles. The molecule has 0 radical (unpaired) electrons. The van der Waals surface area contributed by atoms with Gasteiger partial charge in [-0.25, -0.2) is 0 Å². The van der Waals surface area contributed by atoms with Gasteiger partial charge in [0.1, 0.15) is 11.5 Å². The fourth-order valence-electron chi connectivity index (χ4n) is 3.45. The molecule has 0 bridgehead atoms. The first-order valence-corrected chi connectivity index (χ1v) is 11.3. The van der Waals surface area contributed by atoms with Gasteiger partial charge in [0.2, 0.25) is 11.9 Å². The van der Waals surface area contributed by atoms with Gasteiger partial charge in [-0.3, -0.25) is 9.36 Å². The van der Waals surface area contributed by atoms with E-state index < -0.39 is 0 Å². The lowest BCUT2D eigenvalue weighted by atomic mass is 10.3. The van der Waals surface area contributed by atoms with Crippen LogP contribution in [0.4, 0.5) is 5.95 Å².